The highest BCUT2D eigenvalue weighted by molar-refractivity contribution is 5.46. The van der Waals surface area contributed by atoms with Gasteiger partial charge in [0, 0.05) is 12.2 Å². The molecular formula is C22H29NO3. The summed E-state index contributed by atoms with van der Waals surface area (Å²) in [7, 11) is 0. The number of para-hydroxylation sites is 1. The smallest absolute Gasteiger partial charge is 0.122 e. The molecule has 1 atom stereocenters. The average molecular weight is 355 g/mol. The van der Waals surface area contributed by atoms with Crippen LogP contribution in [0.5, 0.6) is 11.5 Å². The number of ether oxygens (including phenoxy) is 2. The number of aliphatic hydroxyl groups excluding tert-OH is 1. The van der Waals surface area contributed by atoms with E-state index < -0.39 is 6.10 Å². The Hall–Kier alpha value is -2.46. The fourth-order valence-corrected chi connectivity index (χ4v) is 2.45. The van der Waals surface area contributed by atoms with Gasteiger partial charge in [0.2, 0.25) is 0 Å². The lowest BCUT2D eigenvalue weighted by atomic mass is 10.1. The molecule has 2 rings (SSSR count). The van der Waals surface area contributed by atoms with Gasteiger partial charge in [-0.05, 0) is 48.7 Å². The molecule has 2 aromatic rings. The van der Waals surface area contributed by atoms with E-state index in [0.717, 1.165) is 48.6 Å². The van der Waals surface area contributed by atoms with E-state index in [2.05, 4.69) is 18.8 Å². The minimum Gasteiger partial charge on any atom is -0.494 e. The van der Waals surface area contributed by atoms with Gasteiger partial charge in [-0.1, -0.05) is 37.6 Å². The largest absolute Gasteiger partial charge is 0.494 e. The summed E-state index contributed by atoms with van der Waals surface area (Å²) in [5, 5.41) is 13.4. The van der Waals surface area contributed by atoms with Gasteiger partial charge in [-0.3, -0.25) is 0 Å². The molecule has 4 heteroatoms. The first-order valence-corrected chi connectivity index (χ1v) is 9.19. The zero-order chi connectivity index (χ0) is 18.6. The summed E-state index contributed by atoms with van der Waals surface area (Å²) in [5.41, 5.74) is 2.01. The van der Waals surface area contributed by atoms with Gasteiger partial charge in [0.1, 0.15) is 24.2 Å². The van der Waals surface area contributed by atoms with Gasteiger partial charge < -0.3 is 19.9 Å². The topological polar surface area (TPSA) is 50.7 Å². The van der Waals surface area contributed by atoms with Crippen LogP contribution in [0.15, 0.2) is 61.2 Å². The summed E-state index contributed by atoms with van der Waals surface area (Å²) in [5.74, 6) is 1.66. The van der Waals surface area contributed by atoms with Crippen LogP contribution < -0.4 is 14.8 Å². The molecule has 0 radical (unpaired) electrons. The van der Waals surface area contributed by atoms with Crippen molar-refractivity contribution in [3.8, 4) is 11.5 Å². The third kappa shape index (κ3) is 6.81. The van der Waals surface area contributed by atoms with Crippen molar-refractivity contribution in [3.63, 3.8) is 0 Å². The number of unbranched alkanes of at least 4 members (excludes halogenated alkanes) is 1. The first-order valence-electron chi connectivity index (χ1n) is 9.19. The highest BCUT2D eigenvalue weighted by Crippen LogP contribution is 2.19. The molecule has 4 nitrogen and oxygen atoms in total. The minimum absolute atomic E-state index is 0.235. The second-order valence-electron chi connectivity index (χ2n) is 6.17. The second-order valence-corrected chi connectivity index (χ2v) is 6.17. The summed E-state index contributed by atoms with van der Waals surface area (Å²) in [6.07, 6.45) is 4.17. The first kappa shape index (κ1) is 19.9. The number of rotatable bonds is 12. The first-order chi connectivity index (χ1) is 12.7. The van der Waals surface area contributed by atoms with Crippen LogP contribution in [0.1, 0.15) is 25.3 Å². The summed E-state index contributed by atoms with van der Waals surface area (Å²) in [6.45, 7) is 7.30. The van der Waals surface area contributed by atoms with Crippen LogP contribution in [-0.4, -0.2) is 31.0 Å². The van der Waals surface area contributed by atoms with E-state index >= 15 is 0 Å². The van der Waals surface area contributed by atoms with Crippen molar-refractivity contribution in [2.24, 2.45) is 0 Å². The van der Waals surface area contributed by atoms with Crippen molar-refractivity contribution in [3.05, 3.63) is 66.7 Å². The Morgan fingerprint density at radius 3 is 2.62 bits per heavy atom. The monoisotopic (exact) mass is 355 g/mol. The highest BCUT2D eigenvalue weighted by Gasteiger charge is 2.07. The van der Waals surface area contributed by atoms with E-state index in [1.807, 2.05) is 54.6 Å². The Morgan fingerprint density at radius 1 is 1.12 bits per heavy atom. The van der Waals surface area contributed by atoms with Gasteiger partial charge in [-0.2, -0.15) is 0 Å². The van der Waals surface area contributed by atoms with Crippen molar-refractivity contribution >= 4 is 5.69 Å². The second kappa shape index (κ2) is 11.2. The quantitative estimate of drug-likeness (QED) is 0.436. The predicted molar refractivity (Wildman–Crippen MR) is 107 cm³/mol. The molecule has 0 aliphatic rings. The van der Waals surface area contributed by atoms with Crippen LogP contribution in [0, 0.1) is 0 Å². The molecule has 0 amide bonds. The molecule has 0 aromatic heterocycles. The van der Waals surface area contributed by atoms with Crippen LogP contribution in [0.2, 0.25) is 0 Å². The Balaban J connectivity index is 1.74. The van der Waals surface area contributed by atoms with E-state index in [-0.39, 0.29) is 6.61 Å². The van der Waals surface area contributed by atoms with E-state index in [9.17, 15) is 5.11 Å². The van der Waals surface area contributed by atoms with Gasteiger partial charge in [-0.15, -0.1) is 6.58 Å². The number of hydrogen-bond donors (Lipinski definition) is 2. The number of benzene rings is 2. The van der Waals surface area contributed by atoms with Crippen LogP contribution in [0.3, 0.4) is 0 Å². The SMILES string of the molecule is C=CCc1ccccc1OCC(O)CNc1ccc(OCCCC)cc1. The predicted octanol–water partition coefficient (Wildman–Crippen LogP) is 4.45. The normalized spacial score (nSPS) is 11.6. The summed E-state index contributed by atoms with van der Waals surface area (Å²) >= 11 is 0. The van der Waals surface area contributed by atoms with E-state index in [0.29, 0.717) is 6.54 Å². The van der Waals surface area contributed by atoms with Crippen molar-refractivity contribution in [2.75, 3.05) is 25.1 Å². The van der Waals surface area contributed by atoms with Crippen molar-refractivity contribution in [2.45, 2.75) is 32.3 Å². The van der Waals surface area contributed by atoms with E-state index in [4.69, 9.17) is 9.47 Å². The van der Waals surface area contributed by atoms with Gasteiger partial charge in [0.25, 0.3) is 0 Å². The molecule has 0 spiro atoms. The van der Waals surface area contributed by atoms with Crippen molar-refractivity contribution in [1.29, 1.82) is 0 Å². The number of anilines is 1. The maximum Gasteiger partial charge on any atom is 0.122 e. The molecule has 2 aromatic carbocycles. The Morgan fingerprint density at radius 2 is 1.88 bits per heavy atom. The lowest BCUT2D eigenvalue weighted by molar-refractivity contribution is 0.117. The molecule has 0 heterocycles. The maximum atomic E-state index is 10.2. The molecule has 0 bridgehead atoms. The lowest BCUT2D eigenvalue weighted by Crippen LogP contribution is -2.26. The lowest BCUT2D eigenvalue weighted by Gasteiger charge is -2.16. The standard InChI is InChI=1S/C22H29NO3/c1-3-5-15-25-21-13-11-19(12-14-21)23-16-20(24)17-26-22-10-7-6-9-18(22)8-4-2/h4,6-7,9-14,20,23-24H,2-3,5,8,15-17H2,1H3. The Kier molecular flexibility index (Phi) is 8.56. The van der Waals surface area contributed by atoms with Gasteiger partial charge in [0.05, 0.1) is 6.61 Å². The van der Waals surface area contributed by atoms with Gasteiger partial charge >= 0.3 is 0 Å². The van der Waals surface area contributed by atoms with Gasteiger partial charge in [-0.25, -0.2) is 0 Å². The molecule has 0 aliphatic heterocycles. The fraction of sp³-hybridized carbons (Fsp3) is 0.364. The number of nitrogens with one attached hydrogen (secondary N) is 1. The van der Waals surface area contributed by atoms with Crippen LogP contribution in [0.25, 0.3) is 0 Å². The highest BCUT2D eigenvalue weighted by atomic mass is 16.5. The third-order valence-electron chi connectivity index (χ3n) is 3.93. The third-order valence-corrected chi connectivity index (χ3v) is 3.93. The van der Waals surface area contributed by atoms with E-state index in [1.165, 1.54) is 0 Å². The van der Waals surface area contributed by atoms with Crippen molar-refractivity contribution in [1.82, 2.24) is 0 Å². The molecule has 0 aliphatic carbocycles. The molecule has 0 fully saturated rings. The molecule has 1 unspecified atom stereocenters. The van der Waals surface area contributed by atoms with Crippen LogP contribution in [0.4, 0.5) is 5.69 Å². The van der Waals surface area contributed by atoms with Gasteiger partial charge in [0.15, 0.2) is 0 Å². The zero-order valence-corrected chi connectivity index (χ0v) is 15.5. The molecule has 140 valence electrons. The Labute approximate surface area is 156 Å². The minimum atomic E-state index is -0.604. The van der Waals surface area contributed by atoms with Crippen molar-refractivity contribution < 1.29 is 14.6 Å². The fourth-order valence-electron chi connectivity index (χ4n) is 2.45. The molecule has 26 heavy (non-hydrogen) atoms. The number of allylic oxidation sites excluding steroid dienone is 1. The molecule has 2 N–H and O–H groups in total. The zero-order valence-electron chi connectivity index (χ0n) is 15.5. The van der Waals surface area contributed by atoms with E-state index in [1.54, 1.807) is 0 Å². The Bertz CT molecular complexity index is 655. The van der Waals surface area contributed by atoms with Crippen LogP contribution >= 0.6 is 0 Å². The summed E-state index contributed by atoms with van der Waals surface area (Å²) in [6, 6.07) is 15.6. The maximum absolute atomic E-state index is 10.2. The number of hydrogen-bond acceptors (Lipinski definition) is 4. The number of aliphatic hydroxyl groups is 1. The molecular weight excluding hydrogens is 326 g/mol. The molecule has 0 saturated carbocycles. The molecule has 0 saturated heterocycles. The summed E-state index contributed by atoms with van der Waals surface area (Å²) in [4.78, 5) is 0. The average Bonchev–Trinajstić information content (AvgIpc) is 2.67. The summed E-state index contributed by atoms with van der Waals surface area (Å²) < 4.78 is 11.4. The van der Waals surface area contributed by atoms with Crippen LogP contribution in [-0.2, 0) is 6.42 Å².